The first-order valence-electron chi connectivity index (χ1n) is 3.96. The van der Waals surface area contributed by atoms with E-state index in [4.69, 9.17) is 0 Å². The number of carbonyl (C=O) groups is 2. The minimum atomic E-state index is -0.313. The fraction of sp³-hybridized carbons (Fsp3) is 0.375. The second kappa shape index (κ2) is 4.28. The summed E-state index contributed by atoms with van der Waals surface area (Å²) in [7, 11) is 3.63. The van der Waals surface area contributed by atoms with Gasteiger partial charge >= 0.3 is 0 Å². The Balaban J connectivity index is 2.69. The standard InChI is InChI=1S/C8H11N3O2S/c1-5(12)9-8-10-7(13)6(14-8)4-11(2)3/h4H,1-3H3,(H,9,10,12,13)/b6-4-. The Labute approximate surface area is 86.2 Å². The molecular formula is C8H11N3O2S. The lowest BCUT2D eigenvalue weighted by Crippen LogP contribution is -2.24. The van der Waals surface area contributed by atoms with Crippen molar-refractivity contribution in [3.05, 3.63) is 11.1 Å². The summed E-state index contributed by atoms with van der Waals surface area (Å²) in [6, 6.07) is 0. The maximum Gasteiger partial charge on any atom is 0.287 e. The third-order valence-corrected chi connectivity index (χ3v) is 2.17. The maximum absolute atomic E-state index is 11.2. The van der Waals surface area contributed by atoms with Gasteiger partial charge in [-0.15, -0.1) is 0 Å². The van der Waals surface area contributed by atoms with Crippen LogP contribution in [0.25, 0.3) is 0 Å². The number of aliphatic imine (C=N–C) groups is 1. The van der Waals surface area contributed by atoms with Crippen LogP contribution in [0, 0.1) is 0 Å². The van der Waals surface area contributed by atoms with Crippen LogP contribution in [0.2, 0.25) is 0 Å². The lowest BCUT2D eigenvalue weighted by atomic mass is 10.5. The molecule has 0 radical (unpaired) electrons. The number of nitrogens with zero attached hydrogens (tertiary/aromatic N) is 2. The fourth-order valence-corrected chi connectivity index (χ4v) is 1.77. The molecule has 6 heteroatoms. The molecule has 0 saturated carbocycles. The summed E-state index contributed by atoms with van der Waals surface area (Å²) in [5, 5.41) is 2.81. The largest absolute Gasteiger partial charge is 0.382 e. The van der Waals surface area contributed by atoms with Gasteiger partial charge in [-0.2, -0.15) is 4.99 Å². The monoisotopic (exact) mass is 213 g/mol. The molecule has 1 rings (SSSR count). The van der Waals surface area contributed by atoms with Gasteiger partial charge in [-0.25, -0.2) is 0 Å². The molecule has 76 valence electrons. The van der Waals surface area contributed by atoms with E-state index in [1.165, 1.54) is 6.92 Å². The SMILES string of the molecule is CC(=O)NC1=NC(=O)/C(=C/N(C)C)S1. The topological polar surface area (TPSA) is 61.8 Å². The van der Waals surface area contributed by atoms with Crippen molar-refractivity contribution in [2.45, 2.75) is 6.92 Å². The molecule has 1 aliphatic rings. The molecule has 0 fully saturated rings. The third-order valence-electron chi connectivity index (χ3n) is 1.28. The summed E-state index contributed by atoms with van der Waals surface area (Å²) in [6.07, 6.45) is 1.67. The lowest BCUT2D eigenvalue weighted by Gasteiger charge is -2.04. The van der Waals surface area contributed by atoms with Crippen LogP contribution in [0.3, 0.4) is 0 Å². The minimum Gasteiger partial charge on any atom is -0.382 e. The van der Waals surface area contributed by atoms with E-state index in [0.29, 0.717) is 10.1 Å². The first-order valence-corrected chi connectivity index (χ1v) is 4.77. The van der Waals surface area contributed by atoms with Gasteiger partial charge in [0.15, 0.2) is 5.17 Å². The van der Waals surface area contributed by atoms with Gasteiger partial charge in [-0.1, -0.05) is 0 Å². The second-order valence-corrected chi connectivity index (χ2v) is 3.99. The molecule has 1 heterocycles. The molecule has 0 bridgehead atoms. The van der Waals surface area contributed by atoms with Crippen molar-refractivity contribution in [3.8, 4) is 0 Å². The predicted molar refractivity (Wildman–Crippen MR) is 55.6 cm³/mol. The quantitative estimate of drug-likeness (QED) is 0.630. The van der Waals surface area contributed by atoms with E-state index in [-0.39, 0.29) is 11.8 Å². The number of amides is 2. The molecular weight excluding hydrogens is 202 g/mol. The van der Waals surface area contributed by atoms with Crippen LogP contribution in [0.15, 0.2) is 16.1 Å². The zero-order valence-corrected chi connectivity index (χ0v) is 9.01. The molecule has 0 aliphatic carbocycles. The maximum atomic E-state index is 11.2. The molecule has 1 N–H and O–H groups in total. The van der Waals surface area contributed by atoms with Crippen molar-refractivity contribution in [2.24, 2.45) is 4.99 Å². The van der Waals surface area contributed by atoms with Crippen LogP contribution in [0.4, 0.5) is 0 Å². The Morgan fingerprint density at radius 3 is 2.71 bits per heavy atom. The Kier molecular flexibility index (Phi) is 3.29. The van der Waals surface area contributed by atoms with Crippen LogP contribution >= 0.6 is 11.8 Å². The van der Waals surface area contributed by atoms with Gasteiger partial charge in [0.25, 0.3) is 5.91 Å². The summed E-state index contributed by atoms with van der Waals surface area (Å²) in [5.41, 5.74) is 0. The van der Waals surface area contributed by atoms with E-state index in [1.54, 1.807) is 11.1 Å². The van der Waals surface area contributed by atoms with Crippen LogP contribution in [0.5, 0.6) is 0 Å². The van der Waals surface area contributed by atoms with Crippen molar-refractivity contribution in [1.82, 2.24) is 10.2 Å². The number of carbonyl (C=O) groups excluding carboxylic acids is 2. The van der Waals surface area contributed by atoms with Crippen LogP contribution < -0.4 is 5.32 Å². The first-order chi connectivity index (χ1) is 6.49. The normalized spacial score (nSPS) is 18.4. The van der Waals surface area contributed by atoms with Crippen molar-refractivity contribution < 1.29 is 9.59 Å². The molecule has 1 aliphatic heterocycles. The molecule has 0 unspecified atom stereocenters. The number of hydrogen-bond donors (Lipinski definition) is 1. The molecule has 0 atom stereocenters. The van der Waals surface area contributed by atoms with E-state index in [2.05, 4.69) is 10.3 Å². The van der Waals surface area contributed by atoms with Crippen LogP contribution in [-0.2, 0) is 9.59 Å². The molecule has 0 spiro atoms. The molecule has 0 aromatic rings. The average Bonchev–Trinajstić information content (AvgIpc) is 2.28. The summed E-state index contributed by atoms with van der Waals surface area (Å²) in [4.78, 5) is 27.9. The minimum absolute atomic E-state index is 0.227. The lowest BCUT2D eigenvalue weighted by molar-refractivity contribution is -0.117. The van der Waals surface area contributed by atoms with Gasteiger partial charge in [0.05, 0.1) is 4.91 Å². The summed E-state index contributed by atoms with van der Waals surface area (Å²) in [6.45, 7) is 1.38. The molecule has 14 heavy (non-hydrogen) atoms. The van der Waals surface area contributed by atoms with E-state index in [0.717, 1.165) is 11.8 Å². The van der Waals surface area contributed by atoms with Gasteiger partial charge in [-0.05, 0) is 11.8 Å². The van der Waals surface area contributed by atoms with Gasteiger partial charge in [0, 0.05) is 27.2 Å². The summed E-state index contributed by atoms with van der Waals surface area (Å²) >= 11 is 1.16. The Morgan fingerprint density at radius 1 is 1.57 bits per heavy atom. The number of amidine groups is 1. The van der Waals surface area contributed by atoms with E-state index in [1.807, 2.05) is 14.1 Å². The molecule has 0 aromatic heterocycles. The van der Waals surface area contributed by atoms with Gasteiger partial charge < -0.3 is 10.2 Å². The highest BCUT2D eigenvalue weighted by atomic mass is 32.2. The summed E-state index contributed by atoms with van der Waals surface area (Å²) in [5.74, 6) is -0.539. The Bertz CT molecular complexity index is 333. The number of rotatable bonds is 1. The number of nitrogens with one attached hydrogen (secondary N) is 1. The van der Waals surface area contributed by atoms with Gasteiger partial charge in [-0.3, -0.25) is 9.59 Å². The van der Waals surface area contributed by atoms with Crippen LogP contribution in [0.1, 0.15) is 6.92 Å². The molecule has 5 nitrogen and oxygen atoms in total. The van der Waals surface area contributed by atoms with E-state index in [9.17, 15) is 9.59 Å². The Morgan fingerprint density at radius 2 is 2.21 bits per heavy atom. The summed E-state index contributed by atoms with van der Waals surface area (Å²) < 4.78 is 0. The molecule has 0 saturated heterocycles. The van der Waals surface area contributed by atoms with Crippen molar-refractivity contribution in [2.75, 3.05) is 14.1 Å². The van der Waals surface area contributed by atoms with Crippen molar-refractivity contribution >= 4 is 28.7 Å². The average molecular weight is 213 g/mol. The van der Waals surface area contributed by atoms with E-state index >= 15 is 0 Å². The van der Waals surface area contributed by atoms with Crippen molar-refractivity contribution in [1.29, 1.82) is 0 Å². The number of thioether (sulfide) groups is 1. The van der Waals surface area contributed by atoms with Crippen LogP contribution in [-0.4, -0.2) is 36.0 Å². The van der Waals surface area contributed by atoms with E-state index < -0.39 is 0 Å². The smallest absolute Gasteiger partial charge is 0.287 e. The van der Waals surface area contributed by atoms with Gasteiger partial charge in [0.1, 0.15) is 0 Å². The Hall–Kier alpha value is -1.30. The zero-order valence-electron chi connectivity index (χ0n) is 8.20. The zero-order chi connectivity index (χ0) is 10.7. The predicted octanol–water partition coefficient (Wildman–Crippen LogP) is 0.155. The highest BCUT2D eigenvalue weighted by Crippen LogP contribution is 2.24. The molecule has 0 aromatic carbocycles. The first kappa shape index (κ1) is 10.8. The molecule has 2 amide bonds. The second-order valence-electron chi connectivity index (χ2n) is 2.96. The highest BCUT2D eigenvalue weighted by Gasteiger charge is 2.22. The van der Waals surface area contributed by atoms with Gasteiger partial charge in [0.2, 0.25) is 5.91 Å². The number of hydrogen-bond acceptors (Lipinski definition) is 4. The highest BCUT2D eigenvalue weighted by molar-refractivity contribution is 8.18. The third kappa shape index (κ3) is 2.88. The fourth-order valence-electron chi connectivity index (χ4n) is 0.838. The van der Waals surface area contributed by atoms with Crippen molar-refractivity contribution in [3.63, 3.8) is 0 Å².